The Morgan fingerprint density at radius 1 is 1.10 bits per heavy atom. The fourth-order valence-corrected chi connectivity index (χ4v) is 3.00. The molecule has 21 heavy (non-hydrogen) atoms. The molecule has 0 saturated heterocycles. The lowest BCUT2D eigenvalue weighted by Gasteiger charge is -2.09. The molecular weight excluding hydrogens is 328 g/mol. The molecule has 0 bridgehead atoms. The molecule has 102 valence electrons. The molecule has 1 N–H and O–H groups in total. The molecule has 0 unspecified atom stereocenters. The van der Waals surface area contributed by atoms with E-state index in [4.69, 9.17) is 5.26 Å². The van der Waals surface area contributed by atoms with E-state index in [1.54, 1.807) is 0 Å². The number of carbonyl (C=O) groups is 1. The van der Waals surface area contributed by atoms with Crippen LogP contribution in [-0.4, -0.2) is 5.91 Å². The van der Waals surface area contributed by atoms with Gasteiger partial charge in [-0.25, -0.2) is 0 Å². The van der Waals surface area contributed by atoms with Crippen LogP contribution in [-0.2, 0) is 4.79 Å². The summed E-state index contributed by atoms with van der Waals surface area (Å²) in [7, 11) is 0. The van der Waals surface area contributed by atoms with Crippen LogP contribution in [0.3, 0.4) is 0 Å². The molecule has 0 radical (unpaired) electrons. The van der Waals surface area contributed by atoms with E-state index in [0.717, 1.165) is 26.0 Å². The summed E-state index contributed by atoms with van der Waals surface area (Å²) in [6.07, 6.45) is -0.140. The summed E-state index contributed by atoms with van der Waals surface area (Å²) in [5.41, 5.74) is 0.704. The number of halogens is 1. The van der Waals surface area contributed by atoms with Crippen LogP contribution in [0.1, 0.15) is 6.42 Å². The quantitative estimate of drug-likeness (QED) is 0.693. The Bertz CT molecular complexity index is 896. The first-order valence-corrected chi connectivity index (χ1v) is 7.26. The second kappa shape index (κ2) is 5.55. The largest absolute Gasteiger partial charge is 0.325 e. The minimum atomic E-state index is -0.293. The minimum Gasteiger partial charge on any atom is -0.325 e. The van der Waals surface area contributed by atoms with Gasteiger partial charge < -0.3 is 5.32 Å². The van der Waals surface area contributed by atoms with Crippen molar-refractivity contribution in [2.75, 3.05) is 5.32 Å². The van der Waals surface area contributed by atoms with Crippen LogP contribution in [0, 0.1) is 11.3 Å². The van der Waals surface area contributed by atoms with Gasteiger partial charge in [0, 0.05) is 10.2 Å². The lowest BCUT2D eigenvalue weighted by molar-refractivity contribution is -0.115. The summed E-state index contributed by atoms with van der Waals surface area (Å²) >= 11 is 3.59. The molecule has 4 heteroatoms. The van der Waals surface area contributed by atoms with Gasteiger partial charge in [0.2, 0.25) is 5.91 Å². The van der Waals surface area contributed by atoms with E-state index in [-0.39, 0.29) is 12.3 Å². The zero-order valence-corrected chi connectivity index (χ0v) is 12.6. The second-order valence-corrected chi connectivity index (χ2v) is 5.58. The van der Waals surface area contributed by atoms with Crippen molar-refractivity contribution < 1.29 is 4.79 Å². The topological polar surface area (TPSA) is 52.9 Å². The number of carbonyl (C=O) groups excluding carboxylic acids is 1. The standard InChI is InChI=1S/C17H11BrN2O/c18-16-9-11-5-6-12(20-17(21)7-8-19)10-15(11)13-3-1-2-4-14(13)16/h1-6,9-10H,7H2,(H,20,21). The van der Waals surface area contributed by atoms with Crippen LogP contribution in [0.25, 0.3) is 21.5 Å². The number of fused-ring (bicyclic) bond motifs is 3. The third-order valence-corrected chi connectivity index (χ3v) is 3.99. The van der Waals surface area contributed by atoms with Crippen LogP contribution in [0.5, 0.6) is 0 Å². The van der Waals surface area contributed by atoms with Crippen molar-refractivity contribution in [2.24, 2.45) is 0 Å². The first-order chi connectivity index (χ1) is 10.2. The number of nitrogens with zero attached hydrogens (tertiary/aromatic N) is 1. The molecule has 0 atom stereocenters. The van der Waals surface area contributed by atoms with Crippen LogP contribution in [0.15, 0.2) is 53.0 Å². The molecule has 0 aliphatic carbocycles. The minimum absolute atomic E-state index is 0.140. The molecule has 0 saturated carbocycles. The van der Waals surface area contributed by atoms with Crippen molar-refractivity contribution in [2.45, 2.75) is 6.42 Å². The number of nitrogens with one attached hydrogen (secondary N) is 1. The van der Waals surface area contributed by atoms with Crippen molar-refractivity contribution >= 4 is 49.1 Å². The third-order valence-electron chi connectivity index (χ3n) is 3.33. The van der Waals surface area contributed by atoms with Gasteiger partial charge in [-0.15, -0.1) is 0 Å². The summed E-state index contributed by atoms with van der Waals surface area (Å²) < 4.78 is 1.05. The molecule has 1 amide bonds. The Labute approximate surface area is 130 Å². The highest BCUT2D eigenvalue weighted by molar-refractivity contribution is 9.10. The molecule has 3 rings (SSSR count). The van der Waals surface area contributed by atoms with E-state index in [2.05, 4.69) is 39.4 Å². The third kappa shape index (κ3) is 2.61. The van der Waals surface area contributed by atoms with Gasteiger partial charge in [0.05, 0.1) is 6.07 Å². The van der Waals surface area contributed by atoms with Crippen LogP contribution in [0.4, 0.5) is 5.69 Å². The van der Waals surface area contributed by atoms with Crippen LogP contribution in [0.2, 0.25) is 0 Å². The average molecular weight is 339 g/mol. The first-order valence-electron chi connectivity index (χ1n) is 6.47. The van der Waals surface area contributed by atoms with Gasteiger partial charge in [0.25, 0.3) is 0 Å². The highest BCUT2D eigenvalue weighted by Gasteiger charge is 2.07. The molecule has 0 aromatic heterocycles. The molecule has 3 nitrogen and oxygen atoms in total. The molecule has 0 aliphatic heterocycles. The molecule has 0 fully saturated rings. The van der Waals surface area contributed by atoms with E-state index in [9.17, 15) is 4.79 Å². The number of anilines is 1. The predicted octanol–water partition coefficient (Wildman–Crippen LogP) is 4.61. The van der Waals surface area contributed by atoms with Gasteiger partial charge in [-0.2, -0.15) is 5.26 Å². The zero-order valence-electron chi connectivity index (χ0n) is 11.1. The van der Waals surface area contributed by atoms with Gasteiger partial charge in [0.15, 0.2) is 0 Å². The fourth-order valence-electron chi connectivity index (χ4n) is 2.41. The lowest BCUT2D eigenvalue weighted by atomic mass is 10.0. The Morgan fingerprint density at radius 2 is 1.86 bits per heavy atom. The van der Waals surface area contributed by atoms with Crippen molar-refractivity contribution in [1.29, 1.82) is 5.26 Å². The summed E-state index contributed by atoms with van der Waals surface area (Å²) in [5.74, 6) is -0.293. The number of amides is 1. The van der Waals surface area contributed by atoms with Gasteiger partial charge in [-0.05, 0) is 39.7 Å². The molecule has 3 aromatic rings. The average Bonchev–Trinajstić information content (AvgIpc) is 2.48. The monoisotopic (exact) mass is 338 g/mol. The Hall–Kier alpha value is -2.38. The number of rotatable bonds is 2. The Balaban J connectivity index is 2.16. The van der Waals surface area contributed by atoms with Crippen molar-refractivity contribution in [3.63, 3.8) is 0 Å². The number of hydrogen-bond acceptors (Lipinski definition) is 2. The summed E-state index contributed by atoms with van der Waals surface area (Å²) in [6, 6.07) is 17.8. The summed E-state index contributed by atoms with van der Waals surface area (Å²) in [5, 5.41) is 15.7. The first kappa shape index (κ1) is 13.6. The van der Waals surface area contributed by atoms with E-state index < -0.39 is 0 Å². The van der Waals surface area contributed by atoms with Gasteiger partial charge in [-0.3, -0.25) is 4.79 Å². The molecular formula is C17H11BrN2O. The maximum absolute atomic E-state index is 11.5. The van der Waals surface area contributed by atoms with Crippen LogP contribution >= 0.6 is 15.9 Å². The molecule has 0 heterocycles. The highest BCUT2D eigenvalue weighted by Crippen LogP contribution is 2.33. The van der Waals surface area contributed by atoms with E-state index in [1.807, 2.05) is 36.4 Å². The van der Waals surface area contributed by atoms with Crippen LogP contribution < -0.4 is 5.32 Å². The summed E-state index contributed by atoms with van der Waals surface area (Å²) in [6.45, 7) is 0. The smallest absolute Gasteiger partial charge is 0.238 e. The van der Waals surface area contributed by atoms with Crippen molar-refractivity contribution in [3.05, 3.63) is 53.0 Å². The molecule has 0 spiro atoms. The number of benzene rings is 3. The van der Waals surface area contributed by atoms with Crippen molar-refractivity contribution in [1.82, 2.24) is 0 Å². The molecule has 3 aromatic carbocycles. The Kier molecular flexibility index (Phi) is 3.59. The van der Waals surface area contributed by atoms with E-state index in [1.165, 1.54) is 0 Å². The lowest BCUT2D eigenvalue weighted by Crippen LogP contribution is -2.09. The number of nitriles is 1. The molecule has 0 aliphatic rings. The normalized spacial score (nSPS) is 10.5. The Morgan fingerprint density at radius 3 is 2.62 bits per heavy atom. The fraction of sp³-hybridized carbons (Fsp3) is 0.0588. The van der Waals surface area contributed by atoms with Gasteiger partial charge in [-0.1, -0.05) is 46.3 Å². The maximum Gasteiger partial charge on any atom is 0.238 e. The SMILES string of the molecule is N#CCC(=O)Nc1ccc2cc(Br)c3ccccc3c2c1. The predicted molar refractivity (Wildman–Crippen MR) is 88.0 cm³/mol. The zero-order chi connectivity index (χ0) is 14.8. The summed E-state index contributed by atoms with van der Waals surface area (Å²) in [4.78, 5) is 11.5. The van der Waals surface area contributed by atoms with Gasteiger partial charge >= 0.3 is 0 Å². The number of hydrogen-bond donors (Lipinski definition) is 1. The highest BCUT2D eigenvalue weighted by atomic mass is 79.9. The maximum atomic E-state index is 11.5. The van der Waals surface area contributed by atoms with Crippen molar-refractivity contribution in [3.8, 4) is 6.07 Å². The van der Waals surface area contributed by atoms with E-state index in [0.29, 0.717) is 5.69 Å². The second-order valence-electron chi connectivity index (χ2n) is 4.72. The van der Waals surface area contributed by atoms with Gasteiger partial charge in [0.1, 0.15) is 6.42 Å². The van der Waals surface area contributed by atoms with E-state index >= 15 is 0 Å².